The number of carboxylic acids is 1. The lowest BCUT2D eigenvalue weighted by Gasteiger charge is -2.16. The van der Waals surface area contributed by atoms with E-state index in [0.717, 1.165) is 0 Å². The van der Waals surface area contributed by atoms with E-state index in [9.17, 15) is 23.9 Å². The van der Waals surface area contributed by atoms with Crippen LogP contribution in [0.2, 0.25) is 0 Å². The first kappa shape index (κ1) is 22.5. The lowest BCUT2D eigenvalue weighted by Crippen LogP contribution is -2.44. The van der Waals surface area contributed by atoms with Gasteiger partial charge in [-0.25, -0.2) is 14.0 Å². The Bertz CT molecular complexity index is 1130. The van der Waals surface area contributed by atoms with Crippen molar-refractivity contribution in [2.45, 2.75) is 19.9 Å². The minimum atomic E-state index is -1.14. The van der Waals surface area contributed by atoms with Crippen LogP contribution in [0.1, 0.15) is 24.4 Å². The molecule has 0 radical (unpaired) electrons. The molecule has 4 N–H and O–H groups in total. The molecule has 3 rings (SSSR count). The lowest BCUT2D eigenvalue weighted by atomic mass is 10.0. The summed E-state index contributed by atoms with van der Waals surface area (Å²) in [5.74, 6) is -2.82. The van der Waals surface area contributed by atoms with E-state index >= 15 is 0 Å². The predicted octanol–water partition coefficient (Wildman–Crippen LogP) is 3.96. The van der Waals surface area contributed by atoms with Gasteiger partial charge in [-0.15, -0.1) is 0 Å². The molecule has 3 amide bonds. The van der Waals surface area contributed by atoms with Crippen molar-refractivity contribution < 1.29 is 28.4 Å². The van der Waals surface area contributed by atoms with Gasteiger partial charge in [-0.1, -0.05) is 43.3 Å². The summed E-state index contributed by atoms with van der Waals surface area (Å²) in [6.45, 7) is 3.36. The van der Waals surface area contributed by atoms with Gasteiger partial charge < -0.3 is 25.6 Å². The van der Waals surface area contributed by atoms with E-state index in [-0.39, 0.29) is 17.4 Å². The molecule has 1 heterocycles. The van der Waals surface area contributed by atoms with Gasteiger partial charge in [0, 0.05) is 17.3 Å². The van der Waals surface area contributed by atoms with Crippen molar-refractivity contribution in [2.24, 2.45) is 5.92 Å². The number of aromatic nitrogens is 1. The molecule has 0 aliphatic carbocycles. The zero-order valence-electron chi connectivity index (χ0n) is 17.3. The molecular formula is C22H21FN4O5. The number of hydrogen-bond donors (Lipinski definition) is 4. The van der Waals surface area contributed by atoms with Gasteiger partial charge in [0.1, 0.15) is 17.6 Å². The number of halogens is 1. The minimum absolute atomic E-state index is 0.0534. The molecule has 3 aromatic rings. The highest BCUT2D eigenvalue weighted by Crippen LogP contribution is 2.22. The molecule has 0 saturated heterocycles. The maximum absolute atomic E-state index is 13.6. The van der Waals surface area contributed by atoms with Gasteiger partial charge in [-0.05, 0) is 30.2 Å². The maximum atomic E-state index is 13.6. The van der Waals surface area contributed by atoms with E-state index in [2.05, 4.69) is 21.1 Å². The summed E-state index contributed by atoms with van der Waals surface area (Å²) in [5.41, 5.74) is 1.46. The highest BCUT2D eigenvalue weighted by Gasteiger charge is 2.25. The third-order valence-corrected chi connectivity index (χ3v) is 4.51. The maximum Gasteiger partial charge on any atom is 0.326 e. The second kappa shape index (κ2) is 9.73. The number of amides is 3. The van der Waals surface area contributed by atoms with Gasteiger partial charge in [0.25, 0.3) is 5.91 Å². The van der Waals surface area contributed by atoms with E-state index in [1.54, 1.807) is 44.2 Å². The summed E-state index contributed by atoms with van der Waals surface area (Å²) in [6, 6.07) is 12.0. The second-order valence-electron chi connectivity index (χ2n) is 7.25. The molecule has 0 spiro atoms. The van der Waals surface area contributed by atoms with Crippen molar-refractivity contribution in [2.75, 3.05) is 10.6 Å². The average Bonchev–Trinajstić information content (AvgIpc) is 3.24. The Kier molecular flexibility index (Phi) is 6.83. The smallest absolute Gasteiger partial charge is 0.326 e. The SMILES string of the molecule is CC(C)[C@@H](NC(=O)c1cc(-c2ccc(NC(=O)Nc3ccccc3F)cc2)no1)C(=O)O. The molecule has 0 unspecified atom stereocenters. The Morgan fingerprint density at radius 1 is 1.03 bits per heavy atom. The molecule has 1 aromatic heterocycles. The summed E-state index contributed by atoms with van der Waals surface area (Å²) >= 11 is 0. The van der Waals surface area contributed by atoms with Crippen LogP contribution in [0.4, 0.5) is 20.6 Å². The van der Waals surface area contributed by atoms with Crippen LogP contribution in [0.25, 0.3) is 11.3 Å². The van der Waals surface area contributed by atoms with Crippen LogP contribution in [0.15, 0.2) is 59.1 Å². The Balaban J connectivity index is 1.63. The fourth-order valence-electron chi connectivity index (χ4n) is 2.82. The van der Waals surface area contributed by atoms with Crippen molar-refractivity contribution in [3.8, 4) is 11.3 Å². The molecule has 0 fully saturated rings. The third kappa shape index (κ3) is 5.48. The number of carboxylic acid groups (broad SMARTS) is 1. The average molecular weight is 440 g/mol. The summed E-state index contributed by atoms with van der Waals surface area (Å²) in [6.07, 6.45) is 0. The topological polar surface area (TPSA) is 134 Å². The summed E-state index contributed by atoms with van der Waals surface area (Å²) in [7, 11) is 0. The van der Waals surface area contributed by atoms with Crippen LogP contribution >= 0.6 is 0 Å². The van der Waals surface area contributed by atoms with E-state index in [0.29, 0.717) is 16.9 Å². The lowest BCUT2D eigenvalue weighted by molar-refractivity contribution is -0.140. The van der Waals surface area contributed by atoms with Crippen molar-refractivity contribution in [1.82, 2.24) is 10.5 Å². The minimum Gasteiger partial charge on any atom is -0.480 e. The Morgan fingerprint density at radius 3 is 2.34 bits per heavy atom. The predicted molar refractivity (Wildman–Crippen MR) is 115 cm³/mol. The number of carbonyl (C=O) groups is 3. The number of anilines is 2. The number of para-hydroxylation sites is 1. The molecule has 2 aromatic carbocycles. The van der Waals surface area contributed by atoms with Gasteiger partial charge in [-0.2, -0.15) is 0 Å². The van der Waals surface area contributed by atoms with Crippen LogP contribution in [0, 0.1) is 11.7 Å². The number of urea groups is 1. The third-order valence-electron chi connectivity index (χ3n) is 4.51. The first-order valence-corrected chi connectivity index (χ1v) is 9.68. The van der Waals surface area contributed by atoms with Crippen LogP contribution < -0.4 is 16.0 Å². The highest BCUT2D eigenvalue weighted by atomic mass is 19.1. The normalized spacial score (nSPS) is 11.6. The summed E-state index contributed by atoms with van der Waals surface area (Å²) in [4.78, 5) is 35.6. The Morgan fingerprint density at radius 2 is 1.72 bits per heavy atom. The van der Waals surface area contributed by atoms with Crippen molar-refractivity contribution in [3.05, 3.63) is 66.2 Å². The van der Waals surface area contributed by atoms with Crippen molar-refractivity contribution in [1.29, 1.82) is 0 Å². The summed E-state index contributed by atoms with van der Waals surface area (Å²) in [5, 5.41) is 20.4. The Hall–Kier alpha value is -4.21. The first-order valence-electron chi connectivity index (χ1n) is 9.68. The van der Waals surface area contributed by atoms with Crippen LogP contribution in [-0.4, -0.2) is 34.2 Å². The number of hydrogen-bond acceptors (Lipinski definition) is 5. The van der Waals surface area contributed by atoms with Crippen molar-refractivity contribution in [3.63, 3.8) is 0 Å². The van der Waals surface area contributed by atoms with Crippen LogP contribution in [0.3, 0.4) is 0 Å². The van der Waals surface area contributed by atoms with Crippen LogP contribution in [0.5, 0.6) is 0 Å². The molecule has 10 heteroatoms. The number of carbonyl (C=O) groups excluding carboxylic acids is 2. The van der Waals surface area contributed by atoms with Gasteiger partial charge in [0.15, 0.2) is 0 Å². The highest BCUT2D eigenvalue weighted by molar-refractivity contribution is 6.00. The monoisotopic (exact) mass is 440 g/mol. The van der Waals surface area contributed by atoms with Gasteiger partial charge >= 0.3 is 12.0 Å². The molecule has 9 nitrogen and oxygen atoms in total. The second-order valence-corrected chi connectivity index (χ2v) is 7.25. The molecule has 0 saturated carbocycles. The molecule has 0 bridgehead atoms. The zero-order chi connectivity index (χ0) is 23.3. The van der Waals surface area contributed by atoms with Crippen molar-refractivity contribution >= 4 is 29.3 Å². The van der Waals surface area contributed by atoms with E-state index in [4.69, 9.17) is 4.52 Å². The number of nitrogens with zero attached hydrogens (tertiary/aromatic N) is 1. The van der Waals surface area contributed by atoms with Gasteiger partial charge in [0.05, 0.1) is 5.69 Å². The van der Waals surface area contributed by atoms with E-state index in [1.807, 2.05) is 0 Å². The number of nitrogens with one attached hydrogen (secondary N) is 3. The van der Waals surface area contributed by atoms with Crippen LogP contribution in [-0.2, 0) is 4.79 Å². The molecular weight excluding hydrogens is 419 g/mol. The zero-order valence-corrected chi connectivity index (χ0v) is 17.3. The molecule has 166 valence electrons. The number of aliphatic carboxylic acids is 1. The van der Waals surface area contributed by atoms with Gasteiger partial charge in [0.2, 0.25) is 5.76 Å². The fraction of sp³-hybridized carbons (Fsp3) is 0.182. The quantitative estimate of drug-likeness (QED) is 0.439. The standard InChI is InChI=1S/C22H21FN4O5/c1-12(2)19(21(29)30)26-20(28)18-11-17(27-32-18)13-7-9-14(10-8-13)24-22(31)25-16-6-4-3-5-15(16)23/h3-12,19H,1-2H3,(H,26,28)(H,29,30)(H2,24,25,31)/t19-/m1/s1. The summed E-state index contributed by atoms with van der Waals surface area (Å²) < 4.78 is 18.7. The van der Waals surface area contributed by atoms with E-state index < -0.39 is 29.8 Å². The fourth-order valence-corrected chi connectivity index (χ4v) is 2.82. The van der Waals surface area contributed by atoms with Gasteiger partial charge in [-0.3, -0.25) is 4.79 Å². The number of rotatable bonds is 7. The molecule has 0 aliphatic rings. The molecule has 0 aliphatic heterocycles. The molecule has 1 atom stereocenters. The Labute approximate surface area is 182 Å². The molecule has 32 heavy (non-hydrogen) atoms. The first-order chi connectivity index (χ1) is 15.2. The number of benzene rings is 2. The largest absolute Gasteiger partial charge is 0.480 e. The van der Waals surface area contributed by atoms with E-state index in [1.165, 1.54) is 24.3 Å².